The van der Waals surface area contributed by atoms with Crippen LogP contribution in [-0.4, -0.2) is 31.0 Å². The SMILES string of the molecule is O=C(O)C1(CNS(=O)(=O)c2ccccc2[N+](=O)[O-])CC1. The molecule has 0 bridgehead atoms. The third-order valence-corrected chi connectivity index (χ3v) is 4.71. The van der Waals surface area contributed by atoms with Gasteiger partial charge in [0.05, 0.1) is 10.3 Å². The first-order valence-corrected chi connectivity index (χ1v) is 7.23. The van der Waals surface area contributed by atoms with Crippen molar-refractivity contribution in [3.05, 3.63) is 34.4 Å². The van der Waals surface area contributed by atoms with Gasteiger partial charge >= 0.3 is 5.97 Å². The number of nitro benzene ring substituents is 1. The maximum atomic E-state index is 12.0. The van der Waals surface area contributed by atoms with Crippen molar-refractivity contribution in [1.82, 2.24) is 4.72 Å². The molecule has 0 spiro atoms. The van der Waals surface area contributed by atoms with Gasteiger partial charge in [-0.05, 0) is 18.9 Å². The summed E-state index contributed by atoms with van der Waals surface area (Å²) in [7, 11) is -4.12. The number of benzene rings is 1. The Kier molecular flexibility index (Phi) is 3.48. The molecule has 1 aromatic rings. The van der Waals surface area contributed by atoms with Crippen LogP contribution in [0.5, 0.6) is 0 Å². The van der Waals surface area contributed by atoms with Crippen molar-refractivity contribution >= 4 is 21.7 Å². The van der Waals surface area contributed by atoms with Gasteiger partial charge in [-0.15, -0.1) is 0 Å². The summed E-state index contributed by atoms with van der Waals surface area (Å²) in [5.41, 5.74) is -1.61. The summed E-state index contributed by atoms with van der Waals surface area (Å²) in [5.74, 6) is -1.07. The van der Waals surface area contributed by atoms with Crippen LogP contribution in [0.25, 0.3) is 0 Å². The van der Waals surface area contributed by atoms with Gasteiger partial charge in [0.25, 0.3) is 5.69 Å². The number of carboxylic acids is 1. The fourth-order valence-corrected chi connectivity index (χ4v) is 3.06. The van der Waals surface area contributed by atoms with Crippen LogP contribution in [0.3, 0.4) is 0 Å². The smallest absolute Gasteiger partial charge is 0.310 e. The van der Waals surface area contributed by atoms with E-state index in [9.17, 15) is 23.3 Å². The van der Waals surface area contributed by atoms with E-state index in [4.69, 9.17) is 5.11 Å². The standard InChI is InChI=1S/C11H12N2O6S/c14-10(15)11(5-6-11)7-12-20(18,19)9-4-2-1-3-8(9)13(16)17/h1-4,12H,5-7H2,(H,14,15). The number of hydrogen-bond acceptors (Lipinski definition) is 5. The molecule has 0 amide bonds. The number of aliphatic carboxylic acids is 1. The molecule has 2 rings (SSSR count). The van der Waals surface area contributed by atoms with Crippen LogP contribution < -0.4 is 4.72 Å². The fraction of sp³-hybridized carbons (Fsp3) is 0.364. The van der Waals surface area contributed by atoms with Gasteiger partial charge in [0.15, 0.2) is 4.90 Å². The second-order valence-electron chi connectivity index (χ2n) is 4.63. The van der Waals surface area contributed by atoms with Gasteiger partial charge in [-0.2, -0.15) is 0 Å². The zero-order valence-electron chi connectivity index (χ0n) is 10.3. The van der Waals surface area contributed by atoms with Gasteiger partial charge in [0.2, 0.25) is 10.0 Å². The van der Waals surface area contributed by atoms with E-state index in [0.29, 0.717) is 12.8 Å². The highest BCUT2D eigenvalue weighted by atomic mass is 32.2. The van der Waals surface area contributed by atoms with E-state index in [2.05, 4.69) is 4.72 Å². The number of nitrogens with one attached hydrogen (secondary N) is 1. The lowest BCUT2D eigenvalue weighted by Crippen LogP contribution is -2.34. The molecule has 1 aromatic carbocycles. The highest BCUT2D eigenvalue weighted by Gasteiger charge is 2.50. The van der Waals surface area contributed by atoms with Crippen molar-refractivity contribution < 1.29 is 23.2 Å². The lowest BCUT2D eigenvalue weighted by molar-refractivity contribution is -0.387. The zero-order chi connectivity index (χ0) is 15.0. The second kappa shape index (κ2) is 4.84. The molecule has 9 heteroatoms. The van der Waals surface area contributed by atoms with Gasteiger partial charge in [-0.3, -0.25) is 14.9 Å². The van der Waals surface area contributed by atoms with Crippen molar-refractivity contribution in [2.75, 3.05) is 6.54 Å². The summed E-state index contributed by atoms with van der Waals surface area (Å²) in [6.45, 7) is -0.267. The molecular weight excluding hydrogens is 288 g/mol. The number of carbonyl (C=O) groups is 1. The molecule has 0 heterocycles. The molecular formula is C11H12N2O6S. The number of rotatable bonds is 6. The van der Waals surface area contributed by atoms with Gasteiger partial charge in [0, 0.05) is 12.6 Å². The molecule has 1 aliphatic carbocycles. The Hall–Kier alpha value is -2.00. The molecule has 2 N–H and O–H groups in total. The molecule has 0 aliphatic heterocycles. The number of hydrogen-bond donors (Lipinski definition) is 2. The largest absolute Gasteiger partial charge is 0.481 e. The van der Waals surface area contributed by atoms with Gasteiger partial charge in [-0.25, -0.2) is 13.1 Å². The average Bonchev–Trinajstić information content (AvgIpc) is 3.18. The van der Waals surface area contributed by atoms with E-state index in [-0.39, 0.29) is 6.54 Å². The third-order valence-electron chi connectivity index (χ3n) is 3.26. The molecule has 0 unspecified atom stereocenters. The molecule has 20 heavy (non-hydrogen) atoms. The Morgan fingerprint density at radius 3 is 2.50 bits per heavy atom. The van der Waals surface area contributed by atoms with E-state index >= 15 is 0 Å². The van der Waals surface area contributed by atoms with Crippen molar-refractivity contribution in [2.45, 2.75) is 17.7 Å². The normalized spacial score (nSPS) is 16.6. The first-order chi connectivity index (χ1) is 9.28. The molecule has 1 fully saturated rings. The van der Waals surface area contributed by atoms with Crippen LogP contribution in [-0.2, 0) is 14.8 Å². The summed E-state index contributed by atoms with van der Waals surface area (Å²) in [6.07, 6.45) is 0.781. The maximum absolute atomic E-state index is 12.0. The molecule has 0 aromatic heterocycles. The van der Waals surface area contributed by atoms with Crippen LogP contribution >= 0.6 is 0 Å². The third kappa shape index (κ3) is 2.63. The van der Waals surface area contributed by atoms with Crippen molar-refractivity contribution in [3.8, 4) is 0 Å². The monoisotopic (exact) mass is 300 g/mol. The molecule has 1 saturated carbocycles. The van der Waals surface area contributed by atoms with Crippen LogP contribution in [0.15, 0.2) is 29.2 Å². The van der Waals surface area contributed by atoms with Crippen LogP contribution in [0.1, 0.15) is 12.8 Å². The number of nitrogens with zero attached hydrogens (tertiary/aromatic N) is 1. The van der Waals surface area contributed by atoms with Crippen LogP contribution in [0.2, 0.25) is 0 Å². The van der Waals surface area contributed by atoms with E-state index in [1.807, 2.05) is 0 Å². The Morgan fingerprint density at radius 1 is 1.40 bits per heavy atom. The molecule has 0 atom stereocenters. The summed E-state index contributed by atoms with van der Waals surface area (Å²) in [5, 5.41) is 19.8. The number of carboxylic acid groups (broad SMARTS) is 1. The summed E-state index contributed by atoms with van der Waals surface area (Å²) in [6, 6.07) is 4.92. The zero-order valence-corrected chi connectivity index (χ0v) is 11.1. The quantitative estimate of drug-likeness (QED) is 0.589. The molecule has 0 saturated heterocycles. The summed E-state index contributed by atoms with van der Waals surface area (Å²) in [4.78, 5) is 20.5. The van der Waals surface area contributed by atoms with E-state index in [1.54, 1.807) is 0 Å². The number of nitro groups is 1. The highest BCUT2D eigenvalue weighted by Crippen LogP contribution is 2.45. The summed E-state index contributed by atoms with van der Waals surface area (Å²) >= 11 is 0. The minimum Gasteiger partial charge on any atom is -0.481 e. The molecule has 1 aliphatic rings. The Bertz CT molecular complexity index is 665. The predicted molar refractivity (Wildman–Crippen MR) is 67.6 cm³/mol. The van der Waals surface area contributed by atoms with Gasteiger partial charge in [0.1, 0.15) is 0 Å². The van der Waals surface area contributed by atoms with Crippen molar-refractivity contribution in [3.63, 3.8) is 0 Å². The first kappa shape index (κ1) is 14.4. The number of sulfonamides is 1. The average molecular weight is 300 g/mol. The van der Waals surface area contributed by atoms with Crippen molar-refractivity contribution in [1.29, 1.82) is 0 Å². The fourth-order valence-electron chi connectivity index (χ4n) is 1.76. The topological polar surface area (TPSA) is 127 Å². The second-order valence-corrected chi connectivity index (χ2v) is 6.37. The first-order valence-electron chi connectivity index (χ1n) is 5.75. The van der Waals surface area contributed by atoms with Crippen LogP contribution in [0.4, 0.5) is 5.69 Å². The Labute approximate surface area is 114 Å². The molecule has 0 radical (unpaired) electrons. The minimum absolute atomic E-state index is 0.267. The predicted octanol–water partition coefficient (Wildman–Crippen LogP) is 0.738. The van der Waals surface area contributed by atoms with Gasteiger partial charge < -0.3 is 5.11 Å². The van der Waals surface area contributed by atoms with Crippen LogP contribution in [0, 0.1) is 15.5 Å². The maximum Gasteiger partial charge on any atom is 0.310 e. The lowest BCUT2D eigenvalue weighted by atomic mass is 10.1. The Morgan fingerprint density at radius 2 is 2.00 bits per heavy atom. The molecule has 8 nitrogen and oxygen atoms in total. The molecule has 108 valence electrons. The number of para-hydroxylation sites is 1. The minimum atomic E-state index is -4.12. The Balaban J connectivity index is 2.24. The summed E-state index contributed by atoms with van der Waals surface area (Å²) < 4.78 is 26.2. The van der Waals surface area contributed by atoms with Gasteiger partial charge in [-0.1, -0.05) is 12.1 Å². The highest BCUT2D eigenvalue weighted by molar-refractivity contribution is 7.89. The van der Waals surface area contributed by atoms with E-state index in [1.165, 1.54) is 12.1 Å². The van der Waals surface area contributed by atoms with Crippen molar-refractivity contribution in [2.24, 2.45) is 5.41 Å². The lowest BCUT2D eigenvalue weighted by Gasteiger charge is -2.11. The van der Waals surface area contributed by atoms with E-state index < -0.39 is 36.9 Å². The van der Waals surface area contributed by atoms with E-state index in [0.717, 1.165) is 12.1 Å².